The molecule has 1 aromatic carbocycles. The second-order valence-corrected chi connectivity index (χ2v) is 6.72. The van der Waals surface area contributed by atoms with E-state index in [4.69, 9.17) is 14.2 Å². The van der Waals surface area contributed by atoms with Crippen LogP contribution >= 0.6 is 0 Å². The summed E-state index contributed by atoms with van der Waals surface area (Å²) in [6.45, 7) is 0.641. The summed E-state index contributed by atoms with van der Waals surface area (Å²) in [5.41, 5.74) is 0.353. The number of sulfonamides is 1. The topological polar surface area (TPSA) is 94.2 Å². The third kappa shape index (κ3) is 4.73. The molecule has 0 saturated heterocycles. The summed E-state index contributed by atoms with van der Waals surface area (Å²) in [5.74, 6) is 0.218. The Balaban J connectivity index is 3.37. The number of ether oxygens (including phenoxy) is 3. The number of hydrogen-bond acceptors (Lipinski definition) is 6. The van der Waals surface area contributed by atoms with Crippen molar-refractivity contribution in [2.75, 3.05) is 52.1 Å². The molecule has 0 aromatic heterocycles. The first kappa shape index (κ1) is 19.0. The molecule has 1 amide bonds. The fourth-order valence-electron chi connectivity index (χ4n) is 1.85. The van der Waals surface area contributed by atoms with Gasteiger partial charge in [0.2, 0.25) is 10.0 Å². The van der Waals surface area contributed by atoms with E-state index >= 15 is 0 Å². The molecule has 9 heteroatoms. The molecule has 1 N–H and O–H groups in total. The molecule has 0 unspecified atom stereocenters. The van der Waals surface area contributed by atoms with Gasteiger partial charge in [-0.1, -0.05) is 0 Å². The molecule has 1 rings (SSSR count). The van der Waals surface area contributed by atoms with E-state index in [9.17, 15) is 13.2 Å². The molecule has 0 aliphatic heterocycles. The van der Waals surface area contributed by atoms with Crippen LogP contribution in [-0.4, -0.2) is 62.1 Å². The van der Waals surface area contributed by atoms with Gasteiger partial charge in [-0.15, -0.1) is 0 Å². The first-order chi connectivity index (χ1) is 10.8. The summed E-state index contributed by atoms with van der Waals surface area (Å²) in [7, 11) is 2.20. The number of anilines is 1. The minimum absolute atomic E-state index is 0.159. The molecule has 0 aliphatic carbocycles. The van der Waals surface area contributed by atoms with E-state index in [1.54, 1.807) is 0 Å². The average molecular weight is 346 g/mol. The molecular weight excluding hydrogens is 324 g/mol. The van der Waals surface area contributed by atoms with Crippen LogP contribution in [-0.2, 0) is 14.8 Å². The first-order valence-corrected chi connectivity index (χ1v) is 8.58. The molecule has 0 spiro atoms. The quantitative estimate of drug-likeness (QED) is 0.688. The van der Waals surface area contributed by atoms with Crippen molar-refractivity contribution in [1.82, 2.24) is 5.32 Å². The molecule has 0 radical (unpaired) electrons. The molecular formula is C14H22N2O6S. The summed E-state index contributed by atoms with van der Waals surface area (Å²) >= 11 is 0. The molecule has 0 fully saturated rings. The normalized spacial score (nSPS) is 11.0. The molecule has 0 aliphatic rings. The minimum atomic E-state index is -3.55. The van der Waals surface area contributed by atoms with Crippen molar-refractivity contribution in [3.8, 4) is 11.5 Å². The van der Waals surface area contributed by atoms with Crippen LogP contribution in [0.25, 0.3) is 0 Å². The Kier molecular flexibility index (Phi) is 6.64. The molecule has 0 heterocycles. The summed E-state index contributed by atoms with van der Waals surface area (Å²) in [6.07, 6.45) is 1.05. The van der Waals surface area contributed by atoms with Gasteiger partial charge in [-0.25, -0.2) is 8.42 Å². The SMILES string of the molecule is COCCNC(=O)c1cc(OC)c(OC)cc1N(C)S(C)(=O)=O. The predicted octanol–water partition coefficient (Wildman–Crippen LogP) is 0.476. The highest BCUT2D eigenvalue weighted by Gasteiger charge is 2.23. The lowest BCUT2D eigenvalue weighted by Gasteiger charge is -2.22. The van der Waals surface area contributed by atoms with Crippen LogP contribution < -0.4 is 19.1 Å². The maximum absolute atomic E-state index is 12.4. The number of rotatable bonds is 8. The number of nitrogens with zero attached hydrogens (tertiary/aromatic N) is 1. The Morgan fingerprint density at radius 1 is 1.17 bits per heavy atom. The number of methoxy groups -OCH3 is 3. The standard InChI is InChI=1S/C14H22N2O6S/c1-16(23(5,18)19)11-9-13(22-4)12(21-3)8-10(11)14(17)15-6-7-20-2/h8-9H,6-7H2,1-5H3,(H,15,17). The van der Waals surface area contributed by atoms with Crippen LogP contribution in [0.2, 0.25) is 0 Å². The van der Waals surface area contributed by atoms with E-state index in [1.807, 2.05) is 0 Å². The number of hydrogen-bond donors (Lipinski definition) is 1. The number of nitrogens with one attached hydrogen (secondary N) is 1. The number of carbonyl (C=O) groups excluding carboxylic acids is 1. The summed E-state index contributed by atoms with van der Waals surface area (Å²) in [6, 6.07) is 2.89. The molecule has 130 valence electrons. The lowest BCUT2D eigenvalue weighted by atomic mass is 10.1. The summed E-state index contributed by atoms with van der Waals surface area (Å²) in [4.78, 5) is 12.4. The van der Waals surface area contributed by atoms with Crippen LogP contribution in [0.15, 0.2) is 12.1 Å². The highest BCUT2D eigenvalue weighted by atomic mass is 32.2. The maximum atomic E-state index is 12.4. The minimum Gasteiger partial charge on any atom is -0.493 e. The van der Waals surface area contributed by atoms with E-state index in [0.717, 1.165) is 10.6 Å². The van der Waals surface area contributed by atoms with Crippen molar-refractivity contribution in [1.29, 1.82) is 0 Å². The van der Waals surface area contributed by atoms with Gasteiger partial charge in [0.15, 0.2) is 11.5 Å². The zero-order chi connectivity index (χ0) is 17.6. The van der Waals surface area contributed by atoms with E-state index in [0.29, 0.717) is 24.7 Å². The number of benzene rings is 1. The van der Waals surface area contributed by atoms with Crippen LogP contribution in [0.1, 0.15) is 10.4 Å². The lowest BCUT2D eigenvalue weighted by Crippen LogP contribution is -2.31. The smallest absolute Gasteiger partial charge is 0.253 e. The zero-order valence-corrected chi connectivity index (χ0v) is 14.7. The molecule has 0 bridgehead atoms. The Morgan fingerprint density at radius 2 is 1.74 bits per heavy atom. The van der Waals surface area contributed by atoms with E-state index in [2.05, 4.69) is 5.32 Å². The van der Waals surface area contributed by atoms with Crippen molar-refractivity contribution < 1.29 is 27.4 Å². The predicted molar refractivity (Wildman–Crippen MR) is 87.0 cm³/mol. The second kappa shape index (κ2) is 8.02. The van der Waals surface area contributed by atoms with Gasteiger partial charge in [0, 0.05) is 26.8 Å². The summed E-state index contributed by atoms with van der Waals surface area (Å²) < 4.78 is 39.9. The molecule has 8 nitrogen and oxygen atoms in total. The summed E-state index contributed by atoms with van der Waals surface area (Å²) in [5, 5.41) is 2.65. The van der Waals surface area contributed by atoms with Gasteiger partial charge in [0.25, 0.3) is 5.91 Å². The Labute approximate surface area is 136 Å². The maximum Gasteiger partial charge on any atom is 0.253 e. The molecule has 23 heavy (non-hydrogen) atoms. The molecule has 0 saturated carbocycles. The van der Waals surface area contributed by atoms with Crippen molar-refractivity contribution in [3.63, 3.8) is 0 Å². The first-order valence-electron chi connectivity index (χ1n) is 6.73. The Morgan fingerprint density at radius 3 is 2.22 bits per heavy atom. The van der Waals surface area contributed by atoms with Gasteiger partial charge in [-0.05, 0) is 6.07 Å². The highest BCUT2D eigenvalue weighted by molar-refractivity contribution is 7.92. The van der Waals surface area contributed by atoms with Crippen LogP contribution in [0.5, 0.6) is 11.5 Å². The second-order valence-electron chi connectivity index (χ2n) is 4.70. The third-order valence-electron chi connectivity index (χ3n) is 3.17. The fraction of sp³-hybridized carbons (Fsp3) is 0.500. The highest BCUT2D eigenvalue weighted by Crippen LogP contribution is 2.35. The van der Waals surface area contributed by atoms with Crippen LogP contribution in [0.3, 0.4) is 0 Å². The van der Waals surface area contributed by atoms with Crippen molar-refractivity contribution in [2.24, 2.45) is 0 Å². The van der Waals surface area contributed by atoms with Crippen LogP contribution in [0.4, 0.5) is 5.69 Å². The molecule has 1 aromatic rings. The average Bonchev–Trinajstić information content (AvgIpc) is 2.51. The zero-order valence-electron chi connectivity index (χ0n) is 13.9. The van der Waals surface area contributed by atoms with Crippen molar-refractivity contribution in [2.45, 2.75) is 0 Å². The van der Waals surface area contributed by atoms with Gasteiger partial charge in [0.1, 0.15) is 0 Å². The lowest BCUT2D eigenvalue weighted by molar-refractivity contribution is 0.0937. The van der Waals surface area contributed by atoms with Gasteiger partial charge in [0.05, 0.1) is 38.3 Å². The van der Waals surface area contributed by atoms with Gasteiger partial charge in [-0.3, -0.25) is 9.10 Å². The van der Waals surface area contributed by atoms with Gasteiger partial charge < -0.3 is 19.5 Å². The third-order valence-corrected chi connectivity index (χ3v) is 4.37. The van der Waals surface area contributed by atoms with Crippen molar-refractivity contribution >= 4 is 21.6 Å². The van der Waals surface area contributed by atoms with E-state index in [1.165, 1.54) is 40.5 Å². The number of amides is 1. The van der Waals surface area contributed by atoms with Gasteiger partial charge >= 0.3 is 0 Å². The van der Waals surface area contributed by atoms with Gasteiger partial charge in [-0.2, -0.15) is 0 Å². The molecule has 0 atom stereocenters. The van der Waals surface area contributed by atoms with Crippen molar-refractivity contribution in [3.05, 3.63) is 17.7 Å². The van der Waals surface area contributed by atoms with Crippen LogP contribution in [0, 0.1) is 0 Å². The number of carbonyl (C=O) groups is 1. The van der Waals surface area contributed by atoms with E-state index < -0.39 is 15.9 Å². The monoisotopic (exact) mass is 346 g/mol. The van der Waals surface area contributed by atoms with E-state index in [-0.39, 0.29) is 11.3 Å². The largest absolute Gasteiger partial charge is 0.493 e. The fourth-order valence-corrected chi connectivity index (χ4v) is 2.36. The Bertz CT molecular complexity index is 659. The Hall–Kier alpha value is -2.00.